The molecule has 0 unspecified atom stereocenters. The van der Waals surface area contributed by atoms with Gasteiger partial charge in [0.2, 0.25) is 0 Å². The van der Waals surface area contributed by atoms with Crippen molar-refractivity contribution in [2.24, 2.45) is 0 Å². The molecule has 0 bridgehead atoms. The van der Waals surface area contributed by atoms with E-state index in [1.807, 2.05) is 0 Å². The highest BCUT2D eigenvalue weighted by Gasteiger charge is 1.98. The van der Waals surface area contributed by atoms with Gasteiger partial charge in [-0.1, -0.05) is 17.5 Å². The maximum absolute atomic E-state index is 10.9. The molecular weight excluding hydrogens is 190 g/mol. The molecule has 0 aliphatic heterocycles. The first-order chi connectivity index (χ1) is 6.22. The highest BCUT2D eigenvalue weighted by atomic mass is 35.5. The molecule has 1 N–H and O–H groups in total. The van der Waals surface area contributed by atoms with Crippen molar-refractivity contribution in [3.63, 3.8) is 0 Å². The highest BCUT2D eigenvalue weighted by Crippen LogP contribution is 2.04. The number of carbonyl (C=O) groups is 1. The van der Waals surface area contributed by atoms with Crippen molar-refractivity contribution >= 4 is 23.3 Å². The molecule has 0 saturated heterocycles. The summed E-state index contributed by atoms with van der Waals surface area (Å²) in [5, 5.41) is 2.70. The predicted octanol–water partition coefficient (Wildman–Crippen LogP) is 1.09. The average Bonchev–Trinajstić information content (AvgIpc) is 2.09. The minimum absolute atomic E-state index is 0.277. The van der Waals surface area contributed by atoms with Gasteiger partial charge in [0.25, 0.3) is 0 Å². The number of aromatic nitrogens is 2. The van der Waals surface area contributed by atoms with Crippen LogP contribution in [0.15, 0.2) is 12.4 Å². The summed E-state index contributed by atoms with van der Waals surface area (Å²) >= 11 is 5.50. The van der Waals surface area contributed by atoms with Gasteiger partial charge in [-0.05, 0) is 12.8 Å². The second kappa shape index (κ2) is 4.43. The van der Waals surface area contributed by atoms with Crippen molar-refractivity contribution in [3.8, 4) is 11.8 Å². The van der Waals surface area contributed by atoms with Gasteiger partial charge in [0, 0.05) is 0 Å². The number of carbonyl (C=O) groups excluding carboxylic acids is 1. The molecular formula is C8H6ClN3O. The second-order valence-corrected chi connectivity index (χ2v) is 2.44. The minimum Gasteiger partial charge on any atom is -0.298 e. The van der Waals surface area contributed by atoms with E-state index in [1.165, 1.54) is 12.4 Å². The lowest BCUT2D eigenvalue weighted by Crippen LogP contribution is -2.09. The molecule has 0 atom stereocenters. The van der Waals surface area contributed by atoms with Gasteiger partial charge in [0.1, 0.15) is 5.15 Å². The third-order valence-corrected chi connectivity index (χ3v) is 1.30. The molecule has 1 aromatic heterocycles. The number of hydrogen-bond acceptors (Lipinski definition) is 3. The smallest absolute Gasteiger partial charge is 0.298 e. The number of halogens is 1. The maximum atomic E-state index is 10.9. The molecule has 1 amide bonds. The van der Waals surface area contributed by atoms with E-state index in [1.54, 1.807) is 6.92 Å². The van der Waals surface area contributed by atoms with Crippen LogP contribution in [0.1, 0.15) is 6.92 Å². The summed E-state index contributed by atoms with van der Waals surface area (Å²) in [6.45, 7) is 1.58. The summed E-state index contributed by atoms with van der Waals surface area (Å²) in [6.07, 6.45) is 2.70. The van der Waals surface area contributed by atoms with E-state index in [2.05, 4.69) is 27.1 Å². The molecule has 66 valence electrons. The van der Waals surface area contributed by atoms with Gasteiger partial charge in [-0.3, -0.25) is 10.1 Å². The lowest BCUT2D eigenvalue weighted by atomic mass is 10.5. The second-order valence-electron chi connectivity index (χ2n) is 2.05. The van der Waals surface area contributed by atoms with Gasteiger partial charge in [-0.15, -0.1) is 0 Å². The summed E-state index contributed by atoms with van der Waals surface area (Å²) < 4.78 is 0. The Hall–Kier alpha value is -1.60. The Balaban J connectivity index is 2.68. The zero-order valence-corrected chi connectivity index (χ0v) is 7.59. The number of anilines is 1. The van der Waals surface area contributed by atoms with Crippen LogP contribution >= 0.6 is 11.6 Å². The fourth-order valence-electron chi connectivity index (χ4n) is 0.638. The summed E-state index contributed by atoms with van der Waals surface area (Å²) in [7, 11) is 0. The summed E-state index contributed by atoms with van der Waals surface area (Å²) in [5.74, 6) is 4.68. The van der Waals surface area contributed by atoms with E-state index >= 15 is 0 Å². The quantitative estimate of drug-likeness (QED) is 0.683. The van der Waals surface area contributed by atoms with Crippen molar-refractivity contribution in [2.75, 3.05) is 5.32 Å². The molecule has 0 aliphatic carbocycles. The van der Waals surface area contributed by atoms with Gasteiger partial charge in [-0.25, -0.2) is 9.97 Å². The minimum atomic E-state index is -0.417. The number of nitrogens with one attached hydrogen (secondary N) is 1. The van der Waals surface area contributed by atoms with Gasteiger partial charge in [-0.2, -0.15) is 0 Å². The zero-order chi connectivity index (χ0) is 9.68. The van der Waals surface area contributed by atoms with Crippen LogP contribution in [-0.2, 0) is 4.79 Å². The van der Waals surface area contributed by atoms with E-state index in [9.17, 15) is 4.79 Å². The summed E-state index contributed by atoms with van der Waals surface area (Å²) in [4.78, 5) is 18.5. The van der Waals surface area contributed by atoms with Crippen LogP contribution in [0.25, 0.3) is 0 Å². The van der Waals surface area contributed by atoms with E-state index in [4.69, 9.17) is 11.6 Å². The van der Waals surface area contributed by atoms with Crippen LogP contribution < -0.4 is 5.32 Å². The Morgan fingerprint density at radius 2 is 2.31 bits per heavy atom. The molecule has 5 heteroatoms. The Morgan fingerprint density at radius 1 is 1.54 bits per heavy atom. The van der Waals surface area contributed by atoms with Crippen LogP contribution in [0.4, 0.5) is 5.82 Å². The predicted molar refractivity (Wildman–Crippen MR) is 49.1 cm³/mol. The number of rotatable bonds is 1. The van der Waals surface area contributed by atoms with E-state index in [-0.39, 0.29) is 5.15 Å². The van der Waals surface area contributed by atoms with Crippen LogP contribution in [0.2, 0.25) is 5.15 Å². The standard InChI is InChI=1S/C8H6ClN3O/c1-2-3-8(13)12-7-5-10-6(9)4-11-7/h4-5H,1H3,(H,11,12,13). The number of hydrogen-bond donors (Lipinski definition) is 1. The normalized spacial score (nSPS) is 8.46. The van der Waals surface area contributed by atoms with Crippen LogP contribution in [0.3, 0.4) is 0 Å². The zero-order valence-electron chi connectivity index (χ0n) is 6.84. The Bertz CT molecular complexity index is 363. The molecule has 4 nitrogen and oxygen atoms in total. The molecule has 1 heterocycles. The van der Waals surface area contributed by atoms with Crippen molar-refractivity contribution in [1.29, 1.82) is 0 Å². The van der Waals surface area contributed by atoms with Crippen molar-refractivity contribution in [3.05, 3.63) is 17.5 Å². The highest BCUT2D eigenvalue weighted by molar-refractivity contribution is 6.29. The van der Waals surface area contributed by atoms with E-state index in [0.29, 0.717) is 5.82 Å². The van der Waals surface area contributed by atoms with Gasteiger partial charge in [0.15, 0.2) is 5.82 Å². The first-order valence-corrected chi connectivity index (χ1v) is 3.81. The van der Waals surface area contributed by atoms with Crippen LogP contribution in [0, 0.1) is 11.8 Å². The molecule has 1 aromatic rings. The lowest BCUT2D eigenvalue weighted by molar-refractivity contribution is -0.111. The average molecular weight is 196 g/mol. The molecule has 0 aromatic carbocycles. The first-order valence-electron chi connectivity index (χ1n) is 3.43. The fourth-order valence-corrected chi connectivity index (χ4v) is 0.736. The van der Waals surface area contributed by atoms with Crippen molar-refractivity contribution in [2.45, 2.75) is 6.92 Å². The molecule has 1 rings (SSSR count). The number of nitrogens with zero attached hydrogens (tertiary/aromatic N) is 2. The molecule has 13 heavy (non-hydrogen) atoms. The third-order valence-electron chi connectivity index (χ3n) is 1.10. The monoisotopic (exact) mass is 195 g/mol. The molecule has 0 fully saturated rings. The van der Waals surface area contributed by atoms with Crippen molar-refractivity contribution in [1.82, 2.24) is 9.97 Å². The molecule has 0 aliphatic rings. The first kappa shape index (κ1) is 9.49. The van der Waals surface area contributed by atoms with Gasteiger partial charge in [0.05, 0.1) is 12.4 Å². The molecule has 0 spiro atoms. The Morgan fingerprint density at radius 3 is 2.85 bits per heavy atom. The lowest BCUT2D eigenvalue weighted by Gasteiger charge is -1.97. The molecule has 0 saturated carbocycles. The third kappa shape index (κ3) is 3.09. The number of amides is 1. The van der Waals surface area contributed by atoms with Crippen molar-refractivity contribution < 1.29 is 4.79 Å². The topological polar surface area (TPSA) is 54.9 Å². The largest absolute Gasteiger partial charge is 0.301 e. The maximum Gasteiger partial charge on any atom is 0.301 e. The molecule has 0 radical (unpaired) electrons. The summed E-state index contributed by atoms with van der Waals surface area (Å²) in [5.41, 5.74) is 0. The summed E-state index contributed by atoms with van der Waals surface area (Å²) in [6, 6.07) is 0. The fraction of sp³-hybridized carbons (Fsp3) is 0.125. The van der Waals surface area contributed by atoms with Crippen LogP contribution in [0.5, 0.6) is 0 Å². The SMILES string of the molecule is CC#CC(=O)Nc1cnc(Cl)cn1. The van der Waals surface area contributed by atoms with E-state index in [0.717, 1.165) is 0 Å². The van der Waals surface area contributed by atoms with Gasteiger partial charge < -0.3 is 0 Å². The van der Waals surface area contributed by atoms with Crippen LogP contribution in [-0.4, -0.2) is 15.9 Å². The van der Waals surface area contributed by atoms with Gasteiger partial charge >= 0.3 is 5.91 Å². The Kier molecular flexibility index (Phi) is 3.23. The van der Waals surface area contributed by atoms with E-state index < -0.39 is 5.91 Å². The Labute approximate surface area is 80.3 Å².